The van der Waals surface area contributed by atoms with E-state index in [9.17, 15) is 37.9 Å². The molecule has 0 aromatic heterocycles. The molecule has 1 rings (SSSR count). The van der Waals surface area contributed by atoms with Crippen LogP contribution in [0.5, 0.6) is 0 Å². The van der Waals surface area contributed by atoms with Gasteiger partial charge < -0.3 is 34.3 Å². The number of rotatable bonds is 30. The number of esters is 2. The van der Waals surface area contributed by atoms with E-state index in [1.165, 1.54) is 77.0 Å². The summed E-state index contributed by atoms with van der Waals surface area (Å²) in [5.41, 5.74) is 0. The molecule has 1 heterocycles. The van der Waals surface area contributed by atoms with E-state index >= 15 is 0 Å². The van der Waals surface area contributed by atoms with Crippen molar-refractivity contribution in [2.75, 3.05) is 19.0 Å². The fraction of sp³-hybridized carbons (Fsp3) is 0.943. The molecule has 12 nitrogen and oxygen atoms in total. The number of hydrogen-bond donors (Lipinski definition) is 4. The first-order valence-corrected chi connectivity index (χ1v) is 20.2. The summed E-state index contributed by atoms with van der Waals surface area (Å²) >= 11 is 0. The molecule has 0 unspecified atom stereocenters. The first-order valence-electron chi connectivity index (χ1n) is 18.6. The van der Waals surface area contributed by atoms with Gasteiger partial charge in [0.15, 0.2) is 12.4 Å². The largest absolute Gasteiger partial charge is 0.462 e. The number of hydrogen-bond acceptors (Lipinski definition) is 11. The van der Waals surface area contributed by atoms with Crippen LogP contribution in [0.4, 0.5) is 0 Å². The molecular formula is C35H66O12S. The summed E-state index contributed by atoms with van der Waals surface area (Å²) in [6.07, 6.45) is 13.2. The van der Waals surface area contributed by atoms with Gasteiger partial charge in [0.05, 0.1) is 6.61 Å². The predicted octanol–water partition coefficient (Wildman–Crippen LogP) is 5.78. The van der Waals surface area contributed by atoms with E-state index in [2.05, 4.69) is 13.8 Å². The van der Waals surface area contributed by atoms with Gasteiger partial charge in [-0.1, -0.05) is 129 Å². The lowest BCUT2D eigenvalue weighted by Gasteiger charge is -2.40. The van der Waals surface area contributed by atoms with Crippen molar-refractivity contribution in [3.63, 3.8) is 0 Å². The molecule has 48 heavy (non-hydrogen) atoms. The number of unbranched alkanes of at least 4 members (excludes halogenated alkanes) is 18. The molecule has 0 aliphatic carbocycles. The Morgan fingerprint density at radius 3 is 1.52 bits per heavy atom. The fourth-order valence-corrected chi connectivity index (χ4v) is 6.43. The molecule has 1 aliphatic rings. The van der Waals surface area contributed by atoms with Gasteiger partial charge in [0.25, 0.3) is 10.1 Å². The molecule has 284 valence electrons. The normalized spacial score (nSPS) is 22.0. The molecule has 0 aromatic carbocycles. The molecule has 1 saturated heterocycles. The van der Waals surface area contributed by atoms with Crippen molar-refractivity contribution in [1.29, 1.82) is 0 Å². The standard InChI is InChI=1S/C35H66O12S/c1-3-5-7-9-11-13-14-16-17-19-21-23-30(36)44-25-28(46-31(37)24-22-20-18-15-12-10-8-6-4-2)26-45-35-34(40)33(39)32(38)29(47-35)27-48(41,42)43/h28-29,32-35,38-40H,3-27H2,1-2H3,(H,41,42,43)/t28-,29-,32-,33+,34-,35-/m1/s1. The zero-order valence-corrected chi connectivity index (χ0v) is 30.4. The smallest absolute Gasteiger partial charge is 0.306 e. The molecule has 0 saturated carbocycles. The Morgan fingerprint density at radius 1 is 0.625 bits per heavy atom. The van der Waals surface area contributed by atoms with Crippen LogP contribution in [0.25, 0.3) is 0 Å². The number of ether oxygens (including phenoxy) is 4. The number of carbonyl (C=O) groups excluding carboxylic acids is 2. The van der Waals surface area contributed by atoms with E-state index < -0.39 is 71.2 Å². The summed E-state index contributed by atoms with van der Waals surface area (Å²) in [4.78, 5) is 25.1. The number of carbonyl (C=O) groups is 2. The Bertz CT molecular complexity index is 931. The van der Waals surface area contributed by atoms with Crippen LogP contribution in [-0.4, -0.2) is 96.0 Å². The van der Waals surface area contributed by atoms with Crippen molar-refractivity contribution in [2.45, 2.75) is 192 Å². The highest BCUT2D eigenvalue weighted by Crippen LogP contribution is 2.24. The molecule has 1 aliphatic heterocycles. The minimum absolute atomic E-state index is 0.170. The second-order valence-electron chi connectivity index (χ2n) is 13.3. The highest BCUT2D eigenvalue weighted by Gasteiger charge is 2.46. The van der Waals surface area contributed by atoms with Gasteiger partial charge in [-0.25, -0.2) is 0 Å². The van der Waals surface area contributed by atoms with Crippen LogP contribution in [0.3, 0.4) is 0 Å². The van der Waals surface area contributed by atoms with E-state index in [1.807, 2.05) is 0 Å². The molecular weight excluding hydrogens is 644 g/mol. The molecule has 0 radical (unpaired) electrons. The number of aliphatic hydroxyl groups is 3. The van der Waals surface area contributed by atoms with Crippen molar-refractivity contribution in [3.8, 4) is 0 Å². The third-order valence-corrected chi connectivity index (χ3v) is 9.44. The Hall–Kier alpha value is -1.35. The Kier molecular flexibility index (Phi) is 25.5. The topological polar surface area (TPSA) is 186 Å². The summed E-state index contributed by atoms with van der Waals surface area (Å²) < 4.78 is 53.6. The molecule has 0 amide bonds. The van der Waals surface area contributed by atoms with Crippen molar-refractivity contribution in [3.05, 3.63) is 0 Å². The van der Waals surface area contributed by atoms with Crippen LogP contribution in [0.1, 0.15) is 155 Å². The Balaban J connectivity index is 2.54. The van der Waals surface area contributed by atoms with Gasteiger partial charge in [0.2, 0.25) is 0 Å². The maximum absolute atomic E-state index is 12.6. The Labute approximate surface area is 289 Å². The first kappa shape index (κ1) is 44.7. The van der Waals surface area contributed by atoms with Gasteiger partial charge in [-0.05, 0) is 12.8 Å². The lowest BCUT2D eigenvalue weighted by molar-refractivity contribution is -0.297. The highest BCUT2D eigenvalue weighted by molar-refractivity contribution is 7.85. The SMILES string of the molecule is CCCCCCCCCCCCCC(=O)OC[C@H](CO[C@@H]1O[C@H](CS(=O)(=O)O)[C@@H](O)[C@H](O)[C@H]1O)OC(=O)CCCCCCCCCCC. The second-order valence-corrected chi connectivity index (χ2v) is 14.8. The van der Waals surface area contributed by atoms with E-state index in [0.29, 0.717) is 12.8 Å². The van der Waals surface area contributed by atoms with Gasteiger partial charge in [-0.2, -0.15) is 8.42 Å². The summed E-state index contributed by atoms with van der Waals surface area (Å²) in [6, 6.07) is 0. The highest BCUT2D eigenvalue weighted by atomic mass is 32.2. The summed E-state index contributed by atoms with van der Waals surface area (Å²) in [6.45, 7) is 3.69. The first-order chi connectivity index (χ1) is 23.0. The van der Waals surface area contributed by atoms with Crippen LogP contribution in [0.2, 0.25) is 0 Å². The van der Waals surface area contributed by atoms with Crippen LogP contribution in [-0.2, 0) is 38.7 Å². The van der Waals surface area contributed by atoms with Gasteiger partial charge in [0, 0.05) is 12.8 Å². The summed E-state index contributed by atoms with van der Waals surface area (Å²) in [7, 11) is -4.59. The van der Waals surface area contributed by atoms with Gasteiger partial charge >= 0.3 is 11.9 Å². The van der Waals surface area contributed by atoms with Crippen LogP contribution >= 0.6 is 0 Å². The molecule has 0 bridgehead atoms. The molecule has 0 spiro atoms. The van der Waals surface area contributed by atoms with Crippen LogP contribution < -0.4 is 0 Å². The third-order valence-electron chi connectivity index (χ3n) is 8.69. The van der Waals surface area contributed by atoms with E-state index in [0.717, 1.165) is 38.5 Å². The lowest BCUT2D eigenvalue weighted by Crippen LogP contribution is -2.60. The lowest BCUT2D eigenvalue weighted by atomic mass is 10.00. The van der Waals surface area contributed by atoms with Gasteiger partial charge in [-0.3, -0.25) is 14.1 Å². The fourth-order valence-electron chi connectivity index (χ4n) is 5.73. The van der Waals surface area contributed by atoms with Crippen molar-refractivity contribution in [2.24, 2.45) is 0 Å². The monoisotopic (exact) mass is 710 g/mol. The minimum atomic E-state index is -4.59. The van der Waals surface area contributed by atoms with Gasteiger partial charge in [-0.15, -0.1) is 0 Å². The minimum Gasteiger partial charge on any atom is -0.462 e. The summed E-state index contributed by atoms with van der Waals surface area (Å²) in [5.74, 6) is -1.98. The second kappa shape index (κ2) is 27.4. The quantitative estimate of drug-likeness (QED) is 0.0401. The van der Waals surface area contributed by atoms with Gasteiger partial charge in [0.1, 0.15) is 36.8 Å². The maximum Gasteiger partial charge on any atom is 0.306 e. The van der Waals surface area contributed by atoms with Crippen LogP contribution in [0.15, 0.2) is 0 Å². The maximum atomic E-state index is 12.6. The molecule has 6 atom stereocenters. The predicted molar refractivity (Wildman–Crippen MR) is 183 cm³/mol. The van der Waals surface area contributed by atoms with E-state index in [-0.39, 0.29) is 19.4 Å². The third kappa shape index (κ3) is 22.4. The van der Waals surface area contributed by atoms with E-state index in [1.54, 1.807) is 0 Å². The van der Waals surface area contributed by atoms with Crippen LogP contribution in [0, 0.1) is 0 Å². The molecule has 4 N–H and O–H groups in total. The zero-order valence-electron chi connectivity index (χ0n) is 29.6. The zero-order chi connectivity index (χ0) is 35.6. The number of aliphatic hydroxyl groups excluding tert-OH is 3. The molecule has 0 aromatic rings. The van der Waals surface area contributed by atoms with Crippen molar-refractivity contribution in [1.82, 2.24) is 0 Å². The average molecular weight is 711 g/mol. The Morgan fingerprint density at radius 2 is 1.06 bits per heavy atom. The van der Waals surface area contributed by atoms with Crippen molar-refractivity contribution < 1.29 is 56.8 Å². The summed E-state index contributed by atoms with van der Waals surface area (Å²) in [5, 5.41) is 30.6. The molecule has 13 heteroatoms. The average Bonchev–Trinajstić information content (AvgIpc) is 3.04. The van der Waals surface area contributed by atoms with Crippen molar-refractivity contribution >= 4 is 22.1 Å². The molecule has 1 fully saturated rings. The van der Waals surface area contributed by atoms with E-state index in [4.69, 9.17) is 18.9 Å².